The number of benzene rings is 3. The van der Waals surface area contributed by atoms with Crippen LogP contribution in [0.2, 0.25) is 0 Å². The molecule has 0 saturated heterocycles. The van der Waals surface area contributed by atoms with E-state index < -0.39 is 0 Å². The first-order chi connectivity index (χ1) is 13.3. The van der Waals surface area contributed by atoms with Crippen molar-refractivity contribution in [2.75, 3.05) is 5.32 Å². The summed E-state index contributed by atoms with van der Waals surface area (Å²) in [5, 5.41) is 2.95. The molecule has 0 aliphatic carbocycles. The molecule has 0 radical (unpaired) electrons. The number of carbonyl (C=O) groups is 1. The molecule has 4 rings (SSSR count). The number of pyridine rings is 1. The fourth-order valence-corrected chi connectivity index (χ4v) is 2.97. The third-order valence-electron chi connectivity index (χ3n) is 4.33. The highest BCUT2D eigenvalue weighted by atomic mass is 16.1. The van der Waals surface area contributed by atoms with E-state index in [0.29, 0.717) is 5.69 Å². The zero-order chi connectivity index (χ0) is 18.5. The largest absolute Gasteiger partial charge is 0.321 e. The normalized spacial score (nSPS) is 10.4. The van der Waals surface area contributed by atoms with Crippen LogP contribution < -0.4 is 5.32 Å². The Bertz CT molecular complexity index is 1060. The van der Waals surface area contributed by atoms with E-state index in [9.17, 15) is 4.79 Å². The van der Waals surface area contributed by atoms with Gasteiger partial charge in [0.2, 0.25) is 0 Å². The van der Waals surface area contributed by atoms with Gasteiger partial charge in [-0.2, -0.15) is 0 Å². The van der Waals surface area contributed by atoms with Gasteiger partial charge in [-0.05, 0) is 46.5 Å². The second kappa shape index (κ2) is 7.67. The highest BCUT2D eigenvalue weighted by Gasteiger charge is 2.10. The highest BCUT2D eigenvalue weighted by molar-refractivity contribution is 6.03. The molecule has 130 valence electrons. The Morgan fingerprint density at radius 1 is 0.630 bits per heavy atom. The van der Waals surface area contributed by atoms with Gasteiger partial charge in [-0.3, -0.25) is 9.78 Å². The molecule has 27 heavy (non-hydrogen) atoms. The van der Waals surface area contributed by atoms with Gasteiger partial charge in [-0.15, -0.1) is 0 Å². The molecule has 3 nitrogen and oxygen atoms in total. The molecule has 0 spiro atoms. The fraction of sp³-hybridized carbons (Fsp3) is 0. The molecule has 4 aromatic rings. The number of hydrogen-bond donors (Lipinski definition) is 1. The lowest BCUT2D eigenvalue weighted by molar-refractivity contribution is 0.102. The van der Waals surface area contributed by atoms with Crippen molar-refractivity contribution in [1.82, 2.24) is 4.98 Å². The standard InChI is InChI=1S/C24H18N2O/c27-24(23-17-21(14-15-25-23)19-10-5-2-6-11-19)26-22-13-7-12-20(16-22)18-8-3-1-4-9-18/h1-17H,(H,26,27). The van der Waals surface area contributed by atoms with Gasteiger partial charge in [-0.1, -0.05) is 72.8 Å². The summed E-state index contributed by atoms with van der Waals surface area (Å²) in [6, 6.07) is 31.6. The van der Waals surface area contributed by atoms with E-state index >= 15 is 0 Å². The van der Waals surface area contributed by atoms with Crippen molar-refractivity contribution in [2.45, 2.75) is 0 Å². The van der Waals surface area contributed by atoms with Gasteiger partial charge in [0, 0.05) is 11.9 Å². The van der Waals surface area contributed by atoms with Crippen molar-refractivity contribution >= 4 is 11.6 Å². The first-order valence-corrected chi connectivity index (χ1v) is 8.78. The number of amides is 1. The van der Waals surface area contributed by atoms with E-state index in [1.54, 1.807) is 6.20 Å². The van der Waals surface area contributed by atoms with Crippen LogP contribution >= 0.6 is 0 Å². The molecule has 0 unspecified atom stereocenters. The minimum absolute atomic E-state index is 0.224. The predicted octanol–water partition coefficient (Wildman–Crippen LogP) is 5.67. The molecule has 1 N–H and O–H groups in total. The molecule has 1 heterocycles. The molecule has 0 bridgehead atoms. The molecule has 3 aromatic carbocycles. The van der Waals surface area contributed by atoms with Crippen LogP contribution in [0.3, 0.4) is 0 Å². The van der Waals surface area contributed by atoms with Gasteiger partial charge >= 0.3 is 0 Å². The minimum atomic E-state index is -0.224. The molecule has 0 aliphatic heterocycles. The Hall–Kier alpha value is -3.72. The van der Waals surface area contributed by atoms with Gasteiger partial charge < -0.3 is 5.32 Å². The van der Waals surface area contributed by atoms with Crippen LogP contribution in [0.1, 0.15) is 10.5 Å². The van der Waals surface area contributed by atoms with Crippen LogP contribution in [0, 0.1) is 0 Å². The van der Waals surface area contributed by atoms with Crippen LogP contribution in [0.15, 0.2) is 103 Å². The Labute approximate surface area is 158 Å². The predicted molar refractivity (Wildman–Crippen MR) is 110 cm³/mol. The number of anilines is 1. The van der Waals surface area contributed by atoms with E-state index in [4.69, 9.17) is 0 Å². The lowest BCUT2D eigenvalue weighted by atomic mass is 10.0. The third kappa shape index (κ3) is 3.93. The molecule has 0 fully saturated rings. The van der Waals surface area contributed by atoms with Crippen LogP contribution in [0.4, 0.5) is 5.69 Å². The Morgan fingerprint density at radius 3 is 1.89 bits per heavy atom. The second-order valence-electron chi connectivity index (χ2n) is 6.20. The molecule has 3 heteroatoms. The highest BCUT2D eigenvalue weighted by Crippen LogP contribution is 2.23. The van der Waals surface area contributed by atoms with Crippen molar-refractivity contribution in [3.63, 3.8) is 0 Å². The monoisotopic (exact) mass is 350 g/mol. The number of rotatable bonds is 4. The van der Waals surface area contributed by atoms with E-state index in [1.165, 1.54) is 0 Å². The SMILES string of the molecule is O=C(Nc1cccc(-c2ccccc2)c1)c1cc(-c2ccccc2)ccn1. The zero-order valence-corrected chi connectivity index (χ0v) is 14.7. The lowest BCUT2D eigenvalue weighted by Crippen LogP contribution is -2.13. The lowest BCUT2D eigenvalue weighted by Gasteiger charge is -2.08. The summed E-state index contributed by atoms with van der Waals surface area (Å²) in [7, 11) is 0. The van der Waals surface area contributed by atoms with Crippen molar-refractivity contribution in [1.29, 1.82) is 0 Å². The molecule has 0 aliphatic rings. The van der Waals surface area contributed by atoms with Gasteiger partial charge in [0.25, 0.3) is 5.91 Å². The molecular weight excluding hydrogens is 332 g/mol. The van der Waals surface area contributed by atoms with Crippen LogP contribution in [0.25, 0.3) is 22.3 Å². The second-order valence-corrected chi connectivity index (χ2v) is 6.20. The van der Waals surface area contributed by atoms with Crippen LogP contribution in [-0.2, 0) is 0 Å². The molecule has 0 saturated carbocycles. The summed E-state index contributed by atoms with van der Waals surface area (Å²) >= 11 is 0. The number of aromatic nitrogens is 1. The van der Waals surface area contributed by atoms with Crippen molar-refractivity contribution < 1.29 is 4.79 Å². The number of hydrogen-bond acceptors (Lipinski definition) is 2. The first-order valence-electron chi connectivity index (χ1n) is 8.78. The van der Waals surface area contributed by atoms with Gasteiger partial charge in [0.15, 0.2) is 0 Å². The smallest absolute Gasteiger partial charge is 0.274 e. The molecular formula is C24H18N2O. The molecule has 1 amide bonds. The molecule has 1 aromatic heterocycles. The van der Waals surface area contributed by atoms with E-state index in [1.807, 2.05) is 97.1 Å². The van der Waals surface area contributed by atoms with E-state index in [2.05, 4.69) is 10.3 Å². The van der Waals surface area contributed by atoms with E-state index in [0.717, 1.165) is 27.9 Å². The number of carbonyl (C=O) groups excluding carboxylic acids is 1. The van der Waals surface area contributed by atoms with Crippen LogP contribution in [0.5, 0.6) is 0 Å². The minimum Gasteiger partial charge on any atom is -0.321 e. The quantitative estimate of drug-likeness (QED) is 0.515. The first kappa shape index (κ1) is 16.7. The van der Waals surface area contributed by atoms with Gasteiger partial charge in [0.1, 0.15) is 5.69 Å². The third-order valence-corrected chi connectivity index (χ3v) is 4.33. The Balaban J connectivity index is 1.57. The van der Waals surface area contributed by atoms with Crippen molar-refractivity contribution in [3.8, 4) is 22.3 Å². The molecule has 0 atom stereocenters. The van der Waals surface area contributed by atoms with E-state index in [-0.39, 0.29) is 5.91 Å². The van der Waals surface area contributed by atoms with Crippen LogP contribution in [-0.4, -0.2) is 10.9 Å². The average molecular weight is 350 g/mol. The van der Waals surface area contributed by atoms with Gasteiger partial charge in [-0.25, -0.2) is 0 Å². The summed E-state index contributed by atoms with van der Waals surface area (Å²) in [5.74, 6) is -0.224. The summed E-state index contributed by atoms with van der Waals surface area (Å²) in [5.41, 5.74) is 5.32. The number of nitrogens with one attached hydrogen (secondary N) is 1. The fourth-order valence-electron chi connectivity index (χ4n) is 2.97. The zero-order valence-electron chi connectivity index (χ0n) is 14.7. The van der Waals surface area contributed by atoms with Crippen molar-refractivity contribution in [2.24, 2.45) is 0 Å². The average Bonchev–Trinajstić information content (AvgIpc) is 2.75. The summed E-state index contributed by atoms with van der Waals surface area (Å²) < 4.78 is 0. The van der Waals surface area contributed by atoms with Gasteiger partial charge in [0.05, 0.1) is 0 Å². The maximum absolute atomic E-state index is 12.7. The Kier molecular flexibility index (Phi) is 4.75. The maximum Gasteiger partial charge on any atom is 0.274 e. The maximum atomic E-state index is 12.7. The summed E-state index contributed by atoms with van der Waals surface area (Å²) in [4.78, 5) is 16.9. The summed E-state index contributed by atoms with van der Waals surface area (Å²) in [6.07, 6.45) is 1.66. The topological polar surface area (TPSA) is 42.0 Å². The number of nitrogens with zero attached hydrogens (tertiary/aromatic N) is 1. The summed E-state index contributed by atoms with van der Waals surface area (Å²) in [6.45, 7) is 0. The Morgan fingerprint density at radius 2 is 1.22 bits per heavy atom. The van der Waals surface area contributed by atoms with Crippen molar-refractivity contribution in [3.05, 3.63) is 109 Å².